The number of amides is 1. The van der Waals surface area contributed by atoms with Crippen molar-refractivity contribution in [2.45, 2.75) is 66.9 Å². The highest BCUT2D eigenvalue weighted by Crippen LogP contribution is 2.62. The number of aryl methyl sites for hydroxylation is 2. The van der Waals surface area contributed by atoms with Crippen LogP contribution in [0.4, 0.5) is 4.79 Å². The van der Waals surface area contributed by atoms with E-state index in [9.17, 15) is 24.8 Å². The molecule has 2 bridgehead atoms. The number of hydrogen-bond donors (Lipinski definition) is 2. The number of phenols is 1. The summed E-state index contributed by atoms with van der Waals surface area (Å²) in [6.45, 7) is 6.07. The van der Waals surface area contributed by atoms with Gasteiger partial charge in [-0.05, 0) is 38.9 Å². The number of nitriles is 1. The smallest absolute Gasteiger partial charge is 0.408 e. The maximum absolute atomic E-state index is 13.7. The number of thioether (sulfide) groups is 1. The van der Waals surface area contributed by atoms with Crippen LogP contribution >= 0.6 is 46.6 Å². The van der Waals surface area contributed by atoms with Gasteiger partial charge in [0.05, 0.1) is 30.5 Å². The van der Waals surface area contributed by atoms with E-state index in [1.807, 2.05) is 36.8 Å². The molecule has 2 aromatic rings. The standard InChI is InChI=1S/C34H37Cl3N4O10S/c1-14-7-15(2)27(46-6)26(43)21(14)24-25-31-23-22(30-29(49-13-50-30)16(3)28(23)51-17(4)42)20(41(25)18(8-38)9-40(24)5)10-47-32(44)19(11-52-31)39-33(45)48-12-34(35,36)37/h7,18-20,24-25,31,43H,9-13H2,1-6H3,(H,39,45)/t18-,19-,20-,24+,25?,31-/m0/s1. The Morgan fingerprint density at radius 2 is 1.83 bits per heavy atom. The Kier molecular flexibility index (Phi) is 10.8. The van der Waals surface area contributed by atoms with Crippen LogP contribution in [0.1, 0.15) is 57.6 Å². The first-order valence-electron chi connectivity index (χ1n) is 16.2. The van der Waals surface area contributed by atoms with E-state index in [0.717, 1.165) is 11.1 Å². The van der Waals surface area contributed by atoms with Gasteiger partial charge in [-0.3, -0.25) is 14.6 Å². The second-order valence-corrected chi connectivity index (χ2v) is 16.7. The molecular formula is C34H37Cl3N4O10S. The molecule has 52 heavy (non-hydrogen) atoms. The molecule has 2 saturated heterocycles. The molecule has 6 atom stereocenters. The minimum absolute atomic E-state index is 0.0462. The summed E-state index contributed by atoms with van der Waals surface area (Å²) in [5.74, 6) is -0.131. The first-order valence-corrected chi connectivity index (χ1v) is 18.4. The van der Waals surface area contributed by atoms with Crippen molar-refractivity contribution in [3.8, 4) is 34.8 Å². The molecule has 4 aliphatic heterocycles. The molecular weight excluding hydrogens is 763 g/mol. The third-order valence-corrected chi connectivity index (χ3v) is 11.4. The zero-order valence-corrected chi connectivity index (χ0v) is 32.2. The number of methoxy groups -OCH3 is 1. The first kappa shape index (κ1) is 38.2. The van der Waals surface area contributed by atoms with Gasteiger partial charge in [-0.2, -0.15) is 5.26 Å². The van der Waals surface area contributed by atoms with Gasteiger partial charge in [0.2, 0.25) is 10.6 Å². The van der Waals surface area contributed by atoms with Crippen LogP contribution < -0.4 is 24.3 Å². The van der Waals surface area contributed by atoms with E-state index < -0.39 is 63.9 Å². The van der Waals surface area contributed by atoms with Crippen LogP contribution in [0.5, 0.6) is 28.7 Å². The largest absolute Gasteiger partial charge is 0.504 e. The summed E-state index contributed by atoms with van der Waals surface area (Å²) >= 11 is 18.6. The van der Waals surface area contributed by atoms with Crippen LogP contribution in [-0.4, -0.2) is 101 Å². The number of carbonyl (C=O) groups is 3. The Labute approximate surface area is 319 Å². The number of ether oxygens (including phenoxy) is 6. The van der Waals surface area contributed by atoms with Crippen molar-refractivity contribution in [2.24, 2.45) is 0 Å². The number of alkyl halides is 3. The second-order valence-electron chi connectivity index (χ2n) is 13.0. The lowest BCUT2D eigenvalue weighted by atomic mass is 9.77. The molecule has 18 heteroatoms. The average molecular weight is 800 g/mol. The van der Waals surface area contributed by atoms with E-state index in [1.165, 1.54) is 25.8 Å². The number of alkyl carbamates (subject to hydrolysis) is 1. The lowest BCUT2D eigenvalue weighted by molar-refractivity contribution is -0.149. The number of aromatic hydroxyl groups is 1. The van der Waals surface area contributed by atoms with Gasteiger partial charge >= 0.3 is 18.0 Å². The van der Waals surface area contributed by atoms with Crippen molar-refractivity contribution in [3.63, 3.8) is 0 Å². The molecule has 1 amide bonds. The maximum atomic E-state index is 13.7. The minimum atomic E-state index is -1.88. The molecule has 2 N–H and O–H groups in total. The molecule has 0 radical (unpaired) electrons. The number of nitrogens with one attached hydrogen (secondary N) is 1. The SMILES string of the molecule is COc1c(C)cc(C)c([C@@H]2C3[C@H]4SC[C@H](NC(=O)OCC(Cl)(Cl)Cl)C(=O)OC[C@@H](c5c6c(c(C)c(OC(C)=O)c54)OCO6)N3[C@@H](C#N)CN2C)c1O. The highest BCUT2D eigenvalue weighted by Gasteiger charge is 2.57. The van der Waals surface area contributed by atoms with Gasteiger partial charge in [0.15, 0.2) is 23.0 Å². The average Bonchev–Trinajstić information content (AvgIpc) is 3.56. The minimum Gasteiger partial charge on any atom is -0.504 e. The molecule has 2 aromatic carbocycles. The van der Waals surface area contributed by atoms with Crippen LogP contribution in [0.3, 0.4) is 0 Å². The highest BCUT2D eigenvalue weighted by atomic mass is 35.6. The number of nitrogens with zero attached hydrogens (tertiary/aromatic N) is 3. The number of phenolic OH excluding ortho intramolecular Hbond substituents is 1. The van der Waals surface area contributed by atoms with Crippen molar-refractivity contribution < 1.29 is 47.9 Å². The van der Waals surface area contributed by atoms with Gasteiger partial charge in [0.1, 0.15) is 31.0 Å². The van der Waals surface area contributed by atoms with Gasteiger partial charge in [-0.1, -0.05) is 40.9 Å². The van der Waals surface area contributed by atoms with E-state index in [2.05, 4.69) is 11.4 Å². The zero-order chi connectivity index (χ0) is 37.8. The quantitative estimate of drug-likeness (QED) is 0.233. The molecule has 0 aliphatic carbocycles. The summed E-state index contributed by atoms with van der Waals surface area (Å²) in [5.41, 5.74) is 3.75. The second kappa shape index (κ2) is 14.7. The molecule has 2 fully saturated rings. The Morgan fingerprint density at radius 1 is 1.12 bits per heavy atom. The van der Waals surface area contributed by atoms with E-state index in [0.29, 0.717) is 39.5 Å². The van der Waals surface area contributed by atoms with Crippen LogP contribution in [0.2, 0.25) is 0 Å². The van der Waals surface area contributed by atoms with Gasteiger partial charge < -0.3 is 38.8 Å². The lowest BCUT2D eigenvalue weighted by Crippen LogP contribution is -2.64. The number of piperazine rings is 1. The van der Waals surface area contributed by atoms with Crippen molar-refractivity contribution in [1.29, 1.82) is 5.26 Å². The van der Waals surface area contributed by atoms with Gasteiger partial charge in [-0.15, -0.1) is 11.8 Å². The molecule has 1 unspecified atom stereocenters. The van der Waals surface area contributed by atoms with Crippen molar-refractivity contribution >= 4 is 64.6 Å². The van der Waals surface area contributed by atoms with E-state index in [4.69, 9.17) is 63.2 Å². The third-order valence-electron chi connectivity index (χ3n) is 9.67. The number of esters is 2. The fourth-order valence-electron chi connectivity index (χ4n) is 7.78. The number of hydrogen-bond acceptors (Lipinski definition) is 14. The summed E-state index contributed by atoms with van der Waals surface area (Å²) in [4.78, 5) is 43.2. The van der Waals surface area contributed by atoms with Crippen LogP contribution in [0.25, 0.3) is 0 Å². The number of fused-ring (bicyclic) bond motifs is 5. The molecule has 4 heterocycles. The van der Waals surface area contributed by atoms with Crippen molar-refractivity contribution in [1.82, 2.24) is 15.1 Å². The summed E-state index contributed by atoms with van der Waals surface area (Å²) in [6.07, 6.45) is -1.01. The molecule has 0 saturated carbocycles. The fourth-order valence-corrected chi connectivity index (χ4v) is 9.45. The van der Waals surface area contributed by atoms with Crippen LogP contribution in [0.15, 0.2) is 6.07 Å². The summed E-state index contributed by atoms with van der Waals surface area (Å²) in [6, 6.07) is 0.366. The number of rotatable bonds is 5. The normalized spacial score (nSPS) is 25.7. The molecule has 0 spiro atoms. The zero-order valence-electron chi connectivity index (χ0n) is 29.1. The Bertz CT molecular complexity index is 1850. The predicted octanol–water partition coefficient (Wildman–Crippen LogP) is 5.08. The third kappa shape index (κ3) is 6.85. The number of likely N-dealkylation sites (N-methyl/N-ethyl adjacent to an activating group) is 1. The van der Waals surface area contributed by atoms with Crippen LogP contribution in [0, 0.1) is 32.1 Å². The molecule has 0 aromatic heterocycles. The van der Waals surface area contributed by atoms with Crippen molar-refractivity contribution in [3.05, 3.63) is 39.4 Å². The molecule has 6 rings (SSSR count). The van der Waals surface area contributed by atoms with Crippen molar-refractivity contribution in [2.75, 3.05) is 46.5 Å². The van der Waals surface area contributed by atoms with E-state index in [1.54, 1.807) is 6.92 Å². The first-order chi connectivity index (χ1) is 24.6. The molecule has 14 nitrogen and oxygen atoms in total. The summed E-state index contributed by atoms with van der Waals surface area (Å²) in [5, 5.41) is 24.4. The monoisotopic (exact) mass is 798 g/mol. The molecule has 280 valence electrons. The van der Waals surface area contributed by atoms with E-state index in [-0.39, 0.29) is 37.2 Å². The summed E-state index contributed by atoms with van der Waals surface area (Å²) in [7, 11) is 3.36. The van der Waals surface area contributed by atoms with E-state index >= 15 is 0 Å². The van der Waals surface area contributed by atoms with Gasteiger partial charge in [0.25, 0.3) is 0 Å². The molecule has 4 aliphatic rings. The number of benzene rings is 2. The number of cyclic esters (lactones) is 1. The topological polar surface area (TPSA) is 169 Å². The Morgan fingerprint density at radius 3 is 2.48 bits per heavy atom. The van der Waals surface area contributed by atoms with Gasteiger partial charge in [-0.25, -0.2) is 9.59 Å². The fraction of sp³-hybridized carbons (Fsp3) is 0.529. The Balaban J connectivity index is 1.59. The summed E-state index contributed by atoms with van der Waals surface area (Å²) < 4.78 is 32.7. The highest BCUT2D eigenvalue weighted by molar-refractivity contribution is 7.99. The lowest BCUT2D eigenvalue weighted by Gasteiger charge is -2.57. The maximum Gasteiger partial charge on any atom is 0.408 e. The number of carbonyl (C=O) groups excluding carboxylic acids is 3. The Hall–Kier alpha value is -3.52. The predicted molar refractivity (Wildman–Crippen MR) is 191 cm³/mol. The number of halogens is 3. The van der Waals surface area contributed by atoms with Crippen LogP contribution in [-0.2, 0) is 19.1 Å². The van der Waals surface area contributed by atoms with Gasteiger partial charge in [0, 0.05) is 47.5 Å².